The molecule has 3 aromatic rings. The maximum Gasteiger partial charge on any atom is 0.318 e. The number of ether oxygens (including phenoxy) is 2. The molecule has 1 heterocycles. The summed E-state index contributed by atoms with van der Waals surface area (Å²) in [4.78, 5) is 17.1. The average Bonchev–Trinajstić information content (AvgIpc) is 2.87. The maximum atomic E-state index is 13.0. The van der Waals surface area contributed by atoms with Crippen LogP contribution in [0.25, 0.3) is 10.8 Å². The van der Waals surface area contributed by atoms with Gasteiger partial charge in [0.15, 0.2) is 0 Å². The topological polar surface area (TPSA) is 54.0 Å². The predicted octanol–water partition coefficient (Wildman–Crippen LogP) is 5.57. The molecule has 180 valence electrons. The second-order valence-corrected chi connectivity index (χ2v) is 9.07. The number of hydrogen-bond acceptors (Lipinski definition) is 4. The smallest absolute Gasteiger partial charge is 0.318 e. The number of methoxy groups -OCH3 is 1. The normalized spacial score (nSPS) is 17.2. The van der Waals surface area contributed by atoms with Crippen LogP contribution in [0.3, 0.4) is 0 Å². The molecule has 1 aliphatic rings. The third-order valence-corrected chi connectivity index (χ3v) is 6.78. The Balaban J connectivity index is 1.48. The highest BCUT2D eigenvalue weighted by atomic mass is 16.5. The Labute approximate surface area is 202 Å². The molecule has 2 atom stereocenters. The zero-order chi connectivity index (χ0) is 24.1. The van der Waals surface area contributed by atoms with Gasteiger partial charge in [-0.3, -0.25) is 4.90 Å². The van der Waals surface area contributed by atoms with Crippen molar-refractivity contribution in [3.8, 4) is 11.5 Å². The van der Waals surface area contributed by atoms with Gasteiger partial charge in [-0.05, 0) is 74.5 Å². The molecule has 2 amide bonds. The number of nitrogens with zero attached hydrogens (tertiary/aromatic N) is 2. The van der Waals surface area contributed by atoms with E-state index in [1.54, 1.807) is 7.11 Å². The molecule has 0 saturated carbocycles. The molecular weight excluding hydrogens is 426 g/mol. The number of urea groups is 1. The van der Waals surface area contributed by atoms with Gasteiger partial charge in [-0.2, -0.15) is 0 Å². The third kappa shape index (κ3) is 5.28. The molecule has 1 aliphatic heterocycles. The minimum Gasteiger partial charge on any atom is -0.497 e. The summed E-state index contributed by atoms with van der Waals surface area (Å²) >= 11 is 0. The van der Waals surface area contributed by atoms with Gasteiger partial charge in [0.2, 0.25) is 0 Å². The van der Waals surface area contributed by atoms with Crippen molar-refractivity contribution in [1.29, 1.82) is 0 Å². The van der Waals surface area contributed by atoms with E-state index in [0.29, 0.717) is 6.61 Å². The molecule has 0 bridgehead atoms. The van der Waals surface area contributed by atoms with Gasteiger partial charge in [0, 0.05) is 12.4 Å². The lowest BCUT2D eigenvalue weighted by molar-refractivity contribution is 0.0697. The molecular formula is C28H35N3O3. The lowest BCUT2D eigenvalue weighted by Gasteiger charge is -2.39. The van der Waals surface area contributed by atoms with Gasteiger partial charge in [-0.15, -0.1) is 0 Å². The monoisotopic (exact) mass is 461 g/mol. The summed E-state index contributed by atoms with van der Waals surface area (Å²) in [5.74, 6) is 1.66. The highest BCUT2D eigenvalue weighted by molar-refractivity contribution is 5.91. The average molecular weight is 462 g/mol. The Bertz CT molecular complexity index is 1120. The van der Waals surface area contributed by atoms with Crippen LogP contribution in [-0.4, -0.2) is 49.7 Å². The first-order valence-corrected chi connectivity index (χ1v) is 12.0. The lowest BCUT2D eigenvalue weighted by atomic mass is 9.99. The van der Waals surface area contributed by atoms with E-state index in [0.717, 1.165) is 52.8 Å². The van der Waals surface area contributed by atoms with Crippen LogP contribution >= 0.6 is 0 Å². The summed E-state index contributed by atoms with van der Waals surface area (Å²) in [6, 6.07) is 20.0. The van der Waals surface area contributed by atoms with Crippen molar-refractivity contribution in [1.82, 2.24) is 15.1 Å². The van der Waals surface area contributed by atoms with E-state index in [1.807, 2.05) is 61.3 Å². The Morgan fingerprint density at radius 1 is 1.09 bits per heavy atom. The van der Waals surface area contributed by atoms with Crippen molar-refractivity contribution >= 4 is 16.8 Å². The van der Waals surface area contributed by atoms with E-state index in [2.05, 4.69) is 35.5 Å². The molecule has 6 nitrogen and oxygen atoms in total. The zero-order valence-corrected chi connectivity index (χ0v) is 20.6. The van der Waals surface area contributed by atoms with Crippen LogP contribution in [0.15, 0.2) is 60.7 Å². The summed E-state index contributed by atoms with van der Waals surface area (Å²) < 4.78 is 11.4. The molecule has 0 aliphatic carbocycles. The predicted molar refractivity (Wildman–Crippen MR) is 136 cm³/mol. The van der Waals surface area contributed by atoms with Crippen molar-refractivity contribution in [2.45, 2.75) is 45.0 Å². The quantitative estimate of drug-likeness (QED) is 0.500. The first-order chi connectivity index (χ1) is 16.5. The molecule has 0 spiro atoms. The van der Waals surface area contributed by atoms with Crippen LogP contribution in [-0.2, 0) is 6.61 Å². The van der Waals surface area contributed by atoms with E-state index in [-0.39, 0.29) is 18.2 Å². The van der Waals surface area contributed by atoms with Gasteiger partial charge in [-0.1, -0.05) is 42.5 Å². The van der Waals surface area contributed by atoms with Gasteiger partial charge < -0.3 is 19.7 Å². The van der Waals surface area contributed by atoms with Crippen LogP contribution in [0, 0.1) is 0 Å². The SMILES string of the molecule is COc1ccc(COc2ccc(C(C)NC(=O)N(C)C3CCCCN3C)c3ccccc23)cc1. The molecule has 0 aromatic heterocycles. The van der Waals surface area contributed by atoms with Crippen molar-refractivity contribution in [3.63, 3.8) is 0 Å². The number of nitrogens with one attached hydrogen (secondary N) is 1. The summed E-state index contributed by atoms with van der Waals surface area (Å²) in [5, 5.41) is 5.32. The molecule has 3 aromatic carbocycles. The Morgan fingerprint density at radius 2 is 1.82 bits per heavy atom. The number of rotatable bonds is 7. The summed E-state index contributed by atoms with van der Waals surface area (Å²) in [6.07, 6.45) is 3.51. The second-order valence-electron chi connectivity index (χ2n) is 9.07. The number of likely N-dealkylation sites (tertiary alicyclic amines) is 1. The summed E-state index contributed by atoms with van der Waals surface area (Å²) in [7, 11) is 5.65. The molecule has 34 heavy (non-hydrogen) atoms. The molecule has 1 saturated heterocycles. The molecule has 0 radical (unpaired) electrons. The minimum atomic E-state index is -0.135. The second kappa shape index (κ2) is 10.8. The van der Waals surface area contributed by atoms with Crippen LogP contribution in [0.1, 0.15) is 43.4 Å². The van der Waals surface area contributed by atoms with Gasteiger partial charge in [-0.25, -0.2) is 4.79 Å². The van der Waals surface area contributed by atoms with E-state index in [1.165, 1.54) is 6.42 Å². The fourth-order valence-corrected chi connectivity index (χ4v) is 4.73. The van der Waals surface area contributed by atoms with Crippen molar-refractivity contribution in [3.05, 3.63) is 71.8 Å². The maximum absolute atomic E-state index is 13.0. The van der Waals surface area contributed by atoms with E-state index in [9.17, 15) is 4.79 Å². The number of amides is 2. The number of carbonyl (C=O) groups excluding carboxylic acids is 1. The van der Waals surface area contributed by atoms with Gasteiger partial charge in [0.25, 0.3) is 0 Å². The lowest BCUT2D eigenvalue weighted by Crippen LogP contribution is -2.52. The minimum absolute atomic E-state index is 0.0461. The number of carbonyl (C=O) groups is 1. The van der Waals surface area contributed by atoms with E-state index >= 15 is 0 Å². The number of piperidine rings is 1. The fraction of sp³-hybridized carbons (Fsp3) is 0.393. The molecule has 2 unspecified atom stereocenters. The Kier molecular flexibility index (Phi) is 7.58. The Hall–Kier alpha value is -3.25. The van der Waals surface area contributed by atoms with Crippen LogP contribution in [0.4, 0.5) is 4.79 Å². The molecule has 1 fully saturated rings. The van der Waals surface area contributed by atoms with Crippen molar-refractivity contribution < 1.29 is 14.3 Å². The number of fused-ring (bicyclic) bond motifs is 1. The molecule has 1 N–H and O–H groups in total. The van der Waals surface area contributed by atoms with E-state index < -0.39 is 0 Å². The van der Waals surface area contributed by atoms with Gasteiger partial charge in [0.1, 0.15) is 18.1 Å². The summed E-state index contributed by atoms with van der Waals surface area (Å²) in [5.41, 5.74) is 2.15. The van der Waals surface area contributed by atoms with Crippen molar-refractivity contribution in [2.75, 3.05) is 27.7 Å². The Morgan fingerprint density at radius 3 is 2.53 bits per heavy atom. The highest BCUT2D eigenvalue weighted by Crippen LogP contribution is 2.32. The van der Waals surface area contributed by atoms with Gasteiger partial charge >= 0.3 is 6.03 Å². The molecule has 6 heteroatoms. The van der Waals surface area contributed by atoms with E-state index in [4.69, 9.17) is 9.47 Å². The third-order valence-electron chi connectivity index (χ3n) is 6.78. The summed E-state index contributed by atoms with van der Waals surface area (Å²) in [6.45, 7) is 3.54. The zero-order valence-electron chi connectivity index (χ0n) is 20.6. The number of benzene rings is 3. The first kappa shape index (κ1) is 23.9. The van der Waals surface area contributed by atoms with Crippen LogP contribution < -0.4 is 14.8 Å². The standard InChI is InChI=1S/C28H35N3O3/c1-20(29-28(32)31(3)27-11-7-8-18-30(27)2)23-16-17-26(25-10-6-5-9-24(23)25)34-19-21-12-14-22(33-4)15-13-21/h5-6,9-10,12-17,20,27H,7-8,11,18-19H2,1-4H3,(H,29,32). The van der Waals surface area contributed by atoms with Gasteiger partial charge in [0.05, 0.1) is 19.3 Å². The number of hydrogen-bond donors (Lipinski definition) is 1. The largest absolute Gasteiger partial charge is 0.497 e. The first-order valence-electron chi connectivity index (χ1n) is 12.0. The highest BCUT2D eigenvalue weighted by Gasteiger charge is 2.27. The van der Waals surface area contributed by atoms with Crippen molar-refractivity contribution in [2.24, 2.45) is 0 Å². The fourth-order valence-electron chi connectivity index (χ4n) is 4.73. The van der Waals surface area contributed by atoms with Crippen LogP contribution in [0.2, 0.25) is 0 Å². The molecule has 4 rings (SSSR count). The van der Waals surface area contributed by atoms with Crippen LogP contribution in [0.5, 0.6) is 11.5 Å².